The molecule has 0 saturated heterocycles. The molecule has 0 radical (unpaired) electrons. The molecule has 0 aliphatic carbocycles. The van der Waals surface area contributed by atoms with Gasteiger partial charge in [-0.3, -0.25) is 9.78 Å². The molecule has 3 rings (SSSR count). The molecule has 0 aliphatic heterocycles. The van der Waals surface area contributed by atoms with Crippen LogP contribution in [0.3, 0.4) is 0 Å². The fourth-order valence-corrected chi connectivity index (χ4v) is 3.02. The largest absolute Gasteiger partial charge is 0.380 e. The van der Waals surface area contributed by atoms with Gasteiger partial charge in [-0.2, -0.15) is 0 Å². The summed E-state index contributed by atoms with van der Waals surface area (Å²) in [5, 5.41) is 5.10. The van der Waals surface area contributed by atoms with Crippen molar-refractivity contribution in [2.75, 3.05) is 19.0 Å². The second-order valence-corrected chi connectivity index (χ2v) is 6.23. The predicted molar refractivity (Wildman–Crippen MR) is 104 cm³/mol. The van der Waals surface area contributed by atoms with E-state index in [1.807, 2.05) is 48.5 Å². The second kappa shape index (κ2) is 8.56. The number of nitrogens with two attached hydrogens (primary N) is 1. The number of rotatable bonds is 7. The van der Waals surface area contributed by atoms with Crippen molar-refractivity contribution in [1.82, 2.24) is 4.98 Å². The number of hydrogen-bond donors (Lipinski definition) is 2. The van der Waals surface area contributed by atoms with Crippen molar-refractivity contribution in [1.29, 1.82) is 0 Å². The van der Waals surface area contributed by atoms with Crippen LogP contribution in [-0.4, -0.2) is 24.5 Å². The normalized spacial score (nSPS) is 12.1. The Hall–Kier alpha value is -2.76. The lowest BCUT2D eigenvalue weighted by Gasteiger charge is -2.17. The monoisotopic (exact) mass is 349 g/mol. The molecule has 3 aromatic rings. The Bertz CT molecular complexity index is 878. The molecule has 134 valence electrons. The minimum atomic E-state index is -0.287. The number of pyridine rings is 1. The van der Waals surface area contributed by atoms with Crippen molar-refractivity contribution in [2.45, 2.75) is 18.9 Å². The van der Waals surface area contributed by atoms with Crippen molar-refractivity contribution in [3.63, 3.8) is 0 Å². The molecule has 0 saturated carbocycles. The summed E-state index contributed by atoms with van der Waals surface area (Å²) in [6, 6.07) is 15.6. The van der Waals surface area contributed by atoms with Gasteiger partial charge in [0.05, 0.1) is 12.5 Å². The number of carbonyl (C=O) groups excluding carboxylic acids is 1. The van der Waals surface area contributed by atoms with Crippen LogP contribution in [0.1, 0.15) is 23.5 Å². The Kier molecular flexibility index (Phi) is 5.94. The molecule has 0 fully saturated rings. The average molecular weight is 349 g/mol. The van der Waals surface area contributed by atoms with Gasteiger partial charge in [-0.15, -0.1) is 0 Å². The van der Waals surface area contributed by atoms with Crippen molar-refractivity contribution in [3.8, 4) is 0 Å². The first kappa shape index (κ1) is 18.0. The lowest BCUT2D eigenvalue weighted by molar-refractivity contribution is -0.117. The van der Waals surface area contributed by atoms with Crippen LogP contribution in [0.4, 0.5) is 5.69 Å². The smallest absolute Gasteiger partial charge is 0.231 e. The average Bonchev–Trinajstić information content (AvgIpc) is 2.67. The van der Waals surface area contributed by atoms with E-state index in [9.17, 15) is 4.79 Å². The number of fused-ring (bicyclic) bond motifs is 1. The lowest BCUT2D eigenvalue weighted by Crippen LogP contribution is -2.23. The van der Waals surface area contributed by atoms with E-state index in [0.717, 1.165) is 27.6 Å². The van der Waals surface area contributed by atoms with Gasteiger partial charge in [0.25, 0.3) is 0 Å². The molecule has 1 heterocycles. The second-order valence-electron chi connectivity index (χ2n) is 6.23. The summed E-state index contributed by atoms with van der Waals surface area (Å²) in [5.41, 5.74) is 8.54. The van der Waals surface area contributed by atoms with Gasteiger partial charge in [0.15, 0.2) is 0 Å². The Morgan fingerprint density at radius 1 is 1.15 bits per heavy atom. The fraction of sp³-hybridized carbons (Fsp3) is 0.238. The quantitative estimate of drug-likeness (QED) is 0.685. The Labute approximate surface area is 153 Å². The van der Waals surface area contributed by atoms with Crippen molar-refractivity contribution >= 4 is 22.4 Å². The van der Waals surface area contributed by atoms with E-state index in [1.165, 1.54) is 0 Å². The number of amides is 1. The van der Waals surface area contributed by atoms with Gasteiger partial charge in [0, 0.05) is 30.6 Å². The fourth-order valence-electron chi connectivity index (χ4n) is 3.02. The molecule has 5 heteroatoms. The highest BCUT2D eigenvalue weighted by molar-refractivity contribution is 5.97. The Morgan fingerprint density at radius 2 is 1.96 bits per heavy atom. The minimum Gasteiger partial charge on any atom is -0.380 e. The maximum Gasteiger partial charge on any atom is 0.231 e. The van der Waals surface area contributed by atoms with E-state index in [0.29, 0.717) is 19.6 Å². The van der Waals surface area contributed by atoms with Gasteiger partial charge >= 0.3 is 0 Å². The van der Waals surface area contributed by atoms with Gasteiger partial charge in [-0.25, -0.2) is 0 Å². The summed E-state index contributed by atoms with van der Waals surface area (Å²) in [6.45, 7) is 1.00. The number of hydrogen-bond acceptors (Lipinski definition) is 4. The van der Waals surface area contributed by atoms with Gasteiger partial charge in [-0.1, -0.05) is 30.3 Å². The van der Waals surface area contributed by atoms with Crippen LogP contribution in [0, 0.1) is 0 Å². The third-order valence-corrected chi connectivity index (χ3v) is 4.37. The van der Waals surface area contributed by atoms with Crippen LogP contribution >= 0.6 is 0 Å². The molecule has 26 heavy (non-hydrogen) atoms. The number of nitrogens with zero attached hydrogens (tertiary/aromatic N) is 1. The first-order valence-corrected chi connectivity index (χ1v) is 8.63. The first-order valence-electron chi connectivity index (χ1n) is 8.63. The Balaban J connectivity index is 1.78. The van der Waals surface area contributed by atoms with E-state index >= 15 is 0 Å². The third-order valence-electron chi connectivity index (χ3n) is 4.37. The molecule has 2 aromatic carbocycles. The summed E-state index contributed by atoms with van der Waals surface area (Å²) in [6.07, 6.45) is 4.14. The molecule has 0 bridgehead atoms. The van der Waals surface area contributed by atoms with Crippen LogP contribution in [0.5, 0.6) is 0 Å². The van der Waals surface area contributed by atoms with Crippen LogP contribution in [-0.2, 0) is 16.1 Å². The molecule has 1 amide bonds. The van der Waals surface area contributed by atoms with Gasteiger partial charge < -0.3 is 15.8 Å². The molecule has 1 aromatic heterocycles. The number of benzene rings is 2. The zero-order valence-corrected chi connectivity index (χ0v) is 14.8. The highest BCUT2D eigenvalue weighted by Crippen LogP contribution is 2.24. The maximum absolute atomic E-state index is 12.8. The molecule has 1 atom stereocenters. The molecular formula is C21H23N3O2. The Morgan fingerprint density at radius 3 is 2.69 bits per heavy atom. The van der Waals surface area contributed by atoms with Gasteiger partial charge in [-0.05, 0) is 47.7 Å². The summed E-state index contributed by atoms with van der Waals surface area (Å²) in [5.74, 6) is -0.340. The maximum atomic E-state index is 12.8. The third kappa shape index (κ3) is 4.25. The van der Waals surface area contributed by atoms with Crippen LogP contribution in [0.25, 0.3) is 10.8 Å². The van der Waals surface area contributed by atoms with E-state index in [1.54, 1.807) is 19.5 Å². The van der Waals surface area contributed by atoms with Crippen LogP contribution in [0.15, 0.2) is 60.9 Å². The number of anilines is 1. The van der Waals surface area contributed by atoms with Gasteiger partial charge in [0.1, 0.15) is 0 Å². The SMILES string of the molecule is COCc1ccc(C(CCN)C(=O)Nc2ccc3cnccc3c2)cc1. The molecule has 0 spiro atoms. The zero-order chi connectivity index (χ0) is 18.4. The molecular weight excluding hydrogens is 326 g/mol. The number of aromatic nitrogens is 1. The van der Waals surface area contributed by atoms with E-state index in [4.69, 9.17) is 10.5 Å². The van der Waals surface area contributed by atoms with Crippen molar-refractivity contribution in [3.05, 3.63) is 72.1 Å². The van der Waals surface area contributed by atoms with E-state index in [-0.39, 0.29) is 11.8 Å². The first-order chi connectivity index (χ1) is 12.7. The van der Waals surface area contributed by atoms with Gasteiger partial charge in [0.2, 0.25) is 5.91 Å². The summed E-state index contributed by atoms with van der Waals surface area (Å²) in [7, 11) is 1.66. The zero-order valence-electron chi connectivity index (χ0n) is 14.8. The molecule has 0 aliphatic rings. The van der Waals surface area contributed by atoms with Crippen molar-refractivity contribution in [2.24, 2.45) is 5.73 Å². The van der Waals surface area contributed by atoms with E-state index in [2.05, 4.69) is 10.3 Å². The number of nitrogens with one attached hydrogen (secondary N) is 1. The molecule has 1 unspecified atom stereocenters. The minimum absolute atomic E-state index is 0.0525. The summed E-state index contributed by atoms with van der Waals surface area (Å²) in [4.78, 5) is 17.0. The number of carbonyl (C=O) groups is 1. The highest BCUT2D eigenvalue weighted by atomic mass is 16.5. The lowest BCUT2D eigenvalue weighted by atomic mass is 9.94. The topological polar surface area (TPSA) is 77.2 Å². The summed E-state index contributed by atoms with van der Waals surface area (Å²) < 4.78 is 5.13. The van der Waals surface area contributed by atoms with Crippen LogP contribution in [0.2, 0.25) is 0 Å². The predicted octanol–water partition coefficient (Wildman–Crippen LogP) is 3.45. The molecule has 5 nitrogen and oxygen atoms in total. The molecule has 3 N–H and O–H groups in total. The number of ether oxygens (including phenoxy) is 1. The van der Waals surface area contributed by atoms with E-state index < -0.39 is 0 Å². The number of methoxy groups -OCH3 is 1. The summed E-state index contributed by atoms with van der Waals surface area (Å²) >= 11 is 0. The van der Waals surface area contributed by atoms with Crippen molar-refractivity contribution < 1.29 is 9.53 Å². The van der Waals surface area contributed by atoms with Crippen LogP contribution < -0.4 is 11.1 Å². The standard InChI is InChI=1S/C21H23N3O2/c1-26-14-15-2-4-16(5-3-15)20(8-10-22)21(25)24-19-7-6-18-13-23-11-9-17(18)12-19/h2-7,9,11-13,20H,8,10,14,22H2,1H3,(H,24,25). The highest BCUT2D eigenvalue weighted by Gasteiger charge is 2.20.